The molecule has 1 aromatic rings. The van der Waals surface area contributed by atoms with E-state index in [2.05, 4.69) is 44.1 Å². The molecule has 1 aliphatic rings. The maximum Gasteiger partial charge on any atom is 0.0917 e. The van der Waals surface area contributed by atoms with Crippen LogP contribution in [0.15, 0.2) is 24.3 Å². The van der Waals surface area contributed by atoms with Crippen LogP contribution in [0.2, 0.25) is 0 Å². The molecular weight excluding hydrogens is 248 g/mol. The molecule has 2 rings (SSSR count). The average Bonchev–Trinajstić information content (AvgIpc) is 2.41. The molecule has 1 heterocycles. The molecule has 1 aliphatic heterocycles. The quantitative estimate of drug-likeness (QED) is 0.886. The average molecular weight is 276 g/mol. The van der Waals surface area contributed by atoms with E-state index in [9.17, 15) is 5.11 Å². The molecule has 0 aliphatic carbocycles. The zero-order chi connectivity index (χ0) is 14.7. The lowest BCUT2D eigenvalue weighted by molar-refractivity contribution is 0.105. The second kappa shape index (κ2) is 6.70. The van der Waals surface area contributed by atoms with Crippen molar-refractivity contribution in [2.24, 2.45) is 5.92 Å². The number of hydrogen-bond donors (Lipinski definition) is 2. The van der Waals surface area contributed by atoms with Crippen LogP contribution in [0.25, 0.3) is 0 Å². The summed E-state index contributed by atoms with van der Waals surface area (Å²) in [6, 6.07) is 9.19. The molecule has 20 heavy (non-hydrogen) atoms. The smallest absolute Gasteiger partial charge is 0.0917 e. The van der Waals surface area contributed by atoms with E-state index in [1.165, 1.54) is 0 Å². The molecule has 112 valence electrons. The van der Waals surface area contributed by atoms with Crippen molar-refractivity contribution < 1.29 is 5.11 Å². The maximum absolute atomic E-state index is 10.4. The van der Waals surface area contributed by atoms with Gasteiger partial charge in [-0.15, -0.1) is 0 Å². The highest BCUT2D eigenvalue weighted by Gasteiger charge is 2.28. The molecule has 0 spiro atoms. The maximum atomic E-state index is 10.4. The molecule has 1 aromatic carbocycles. The summed E-state index contributed by atoms with van der Waals surface area (Å²) in [6.07, 6.45) is 0.733. The summed E-state index contributed by atoms with van der Waals surface area (Å²) >= 11 is 0. The van der Waals surface area contributed by atoms with Crippen LogP contribution in [0.5, 0.6) is 0 Å². The molecular formula is C17H28N2O. The molecule has 4 unspecified atom stereocenters. The van der Waals surface area contributed by atoms with Crippen LogP contribution >= 0.6 is 0 Å². The van der Waals surface area contributed by atoms with Gasteiger partial charge in [0, 0.05) is 25.2 Å². The van der Waals surface area contributed by atoms with Gasteiger partial charge in [0.05, 0.1) is 6.10 Å². The number of nitrogens with one attached hydrogen (secondary N) is 1. The van der Waals surface area contributed by atoms with E-state index in [-0.39, 0.29) is 0 Å². The van der Waals surface area contributed by atoms with E-state index in [4.69, 9.17) is 0 Å². The van der Waals surface area contributed by atoms with Crippen molar-refractivity contribution in [1.82, 2.24) is 10.2 Å². The van der Waals surface area contributed by atoms with Crippen LogP contribution in [0.4, 0.5) is 0 Å². The highest BCUT2D eigenvalue weighted by Crippen LogP contribution is 2.22. The monoisotopic (exact) mass is 276 g/mol. The fourth-order valence-corrected chi connectivity index (χ4v) is 3.16. The SMILES string of the molecule is Cc1ccccc1C(O)CNC1CC(C)N(C)CC1C. The van der Waals surface area contributed by atoms with E-state index in [1.807, 2.05) is 18.2 Å². The Bertz CT molecular complexity index is 435. The van der Waals surface area contributed by atoms with Crippen LogP contribution in [-0.2, 0) is 0 Å². The lowest BCUT2D eigenvalue weighted by atomic mass is 9.89. The summed E-state index contributed by atoms with van der Waals surface area (Å²) in [5.41, 5.74) is 2.19. The number of piperidine rings is 1. The Labute approximate surface area is 123 Å². The summed E-state index contributed by atoms with van der Waals surface area (Å²) < 4.78 is 0. The summed E-state index contributed by atoms with van der Waals surface area (Å²) in [4.78, 5) is 2.42. The standard InChI is InChI=1S/C17H28N2O/c1-12-7-5-6-8-15(12)17(20)10-18-16-9-14(3)19(4)11-13(16)2/h5-8,13-14,16-18,20H,9-11H2,1-4H3. The summed E-state index contributed by atoms with van der Waals surface area (Å²) in [5, 5.41) is 13.9. The number of hydrogen-bond acceptors (Lipinski definition) is 3. The molecule has 0 bridgehead atoms. The third-order valence-electron chi connectivity index (χ3n) is 4.73. The van der Waals surface area contributed by atoms with Gasteiger partial charge in [0.1, 0.15) is 0 Å². The minimum absolute atomic E-state index is 0.418. The number of rotatable bonds is 4. The first-order valence-corrected chi connectivity index (χ1v) is 7.66. The first kappa shape index (κ1) is 15.5. The minimum Gasteiger partial charge on any atom is -0.387 e. The molecule has 0 amide bonds. The highest BCUT2D eigenvalue weighted by atomic mass is 16.3. The van der Waals surface area contributed by atoms with Crippen molar-refractivity contribution in [3.63, 3.8) is 0 Å². The molecule has 0 saturated carbocycles. The second-order valence-corrected chi connectivity index (χ2v) is 6.39. The first-order chi connectivity index (χ1) is 9.49. The fourth-order valence-electron chi connectivity index (χ4n) is 3.16. The number of nitrogens with zero attached hydrogens (tertiary/aromatic N) is 1. The Morgan fingerprint density at radius 1 is 1.35 bits per heavy atom. The third kappa shape index (κ3) is 3.60. The van der Waals surface area contributed by atoms with E-state index >= 15 is 0 Å². The number of aryl methyl sites for hydroxylation is 1. The lowest BCUT2D eigenvalue weighted by Crippen LogP contribution is -2.51. The molecule has 0 aromatic heterocycles. The Balaban J connectivity index is 1.90. The topological polar surface area (TPSA) is 35.5 Å². The zero-order valence-electron chi connectivity index (χ0n) is 13.1. The second-order valence-electron chi connectivity index (χ2n) is 6.39. The summed E-state index contributed by atoms with van der Waals surface area (Å²) in [7, 11) is 2.19. The van der Waals surface area contributed by atoms with Gasteiger partial charge in [0.2, 0.25) is 0 Å². The van der Waals surface area contributed by atoms with E-state index < -0.39 is 6.10 Å². The van der Waals surface area contributed by atoms with Crippen LogP contribution < -0.4 is 5.32 Å². The third-order valence-corrected chi connectivity index (χ3v) is 4.73. The van der Waals surface area contributed by atoms with Crippen molar-refractivity contribution >= 4 is 0 Å². The molecule has 1 fully saturated rings. The van der Waals surface area contributed by atoms with Crippen molar-refractivity contribution in [2.45, 2.75) is 45.4 Å². The van der Waals surface area contributed by atoms with Crippen molar-refractivity contribution in [3.05, 3.63) is 35.4 Å². The normalized spacial score (nSPS) is 29.4. The van der Waals surface area contributed by atoms with Crippen molar-refractivity contribution in [1.29, 1.82) is 0 Å². The van der Waals surface area contributed by atoms with Gasteiger partial charge in [-0.25, -0.2) is 0 Å². The largest absolute Gasteiger partial charge is 0.387 e. The Morgan fingerprint density at radius 3 is 2.75 bits per heavy atom. The van der Waals surface area contributed by atoms with Crippen LogP contribution in [0.1, 0.15) is 37.5 Å². The number of likely N-dealkylation sites (tertiary alicyclic amines) is 1. The van der Waals surface area contributed by atoms with Gasteiger partial charge in [-0.2, -0.15) is 0 Å². The predicted octanol–water partition coefficient (Wildman–Crippen LogP) is 2.35. The van der Waals surface area contributed by atoms with Crippen LogP contribution in [0.3, 0.4) is 0 Å². The fraction of sp³-hybridized carbons (Fsp3) is 0.647. The summed E-state index contributed by atoms with van der Waals surface area (Å²) in [5.74, 6) is 0.625. The summed E-state index contributed by atoms with van der Waals surface area (Å²) in [6.45, 7) is 8.38. The number of aliphatic hydroxyl groups is 1. The zero-order valence-corrected chi connectivity index (χ0v) is 13.1. The van der Waals surface area contributed by atoms with Gasteiger partial charge < -0.3 is 15.3 Å². The first-order valence-electron chi connectivity index (χ1n) is 7.66. The Morgan fingerprint density at radius 2 is 2.05 bits per heavy atom. The molecule has 2 N–H and O–H groups in total. The van der Waals surface area contributed by atoms with Crippen molar-refractivity contribution in [3.8, 4) is 0 Å². The molecule has 3 nitrogen and oxygen atoms in total. The lowest BCUT2D eigenvalue weighted by Gasteiger charge is -2.40. The Kier molecular flexibility index (Phi) is 5.19. The molecule has 3 heteroatoms. The van der Waals surface area contributed by atoms with E-state index in [1.54, 1.807) is 0 Å². The highest BCUT2D eigenvalue weighted by molar-refractivity contribution is 5.27. The van der Waals surface area contributed by atoms with E-state index in [0.717, 1.165) is 24.1 Å². The van der Waals surface area contributed by atoms with Gasteiger partial charge in [-0.3, -0.25) is 0 Å². The minimum atomic E-state index is -0.418. The molecule has 4 atom stereocenters. The number of benzene rings is 1. The van der Waals surface area contributed by atoms with Gasteiger partial charge in [-0.05, 0) is 44.4 Å². The van der Waals surface area contributed by atoms with Gasteiger partial charge in [0.25, 0.3) is 0 Å². The van der Waals surface area contributed by atoms with Crippen LogP contribution in [-0.4, -0.2) is 42.2 Å². The van der Waals surface area contributed by atoms with Gasteiger partial charge in [0.15, 0.2) is 0 Å². The van der Waals surface area contributed by atoms with E-state index in [0.29, 0.717) is 24.5 Å². The van der Waals surface area contributed by atoms with Crippen molar-refractivity contribution in [2.75, 3.05) is 20.1 Å². The Hall–Kier alpha value is -0.900. The molecule has 1 saturated heterocycles. The number of aliphatic hydroxyl groups excluding tert-OH is 1. The van der Waals surface area contributed by atoms with Gasteiger partial charge >= 0.3 is 0 Å². The van der Waals surface area contributed by atoms with Gasteiger partial charge in [-0.1, -0.05) is 31.2 Å². The van der Waals surface area contributed by atoms with Crippen LogP contribution in [0, 0.1) is 12.8 Å². The molecule has 0 radical (unpaired) electrons. The predicted molar refractivity (Wildman–Crippen MR) is 83.8 cm³/mol.